The maximum absolute atomic E-state index is 11.5. The molecule has 0 bridgehead atoms. The number of unbranched alkanes of at least 4 members (excludes halogenated alkanes) is 11. The maximum atomic E-state index is 11.5. The van der Waals surface area contributed by atoms with Crippen LogP contribution in [0.2, 0.25) is 0 Å². The van der Waals surface area contributed by atoms with Gasteiger partial charge < -0.3 is 4.48 Å². The normalized spacial score (nSPS) is 11.7. The van der Waals surface area contributed by atoms with Crippen LogP contribution in [0.1, 0.15) is 90.4 Å². The van der Waals surface area contributed by atoms with Crippen molar-refractivity contribution in [2.45, 2.75) is 90.4 Å². The fourth-order valence-corrected chi connectivity index (χ4v) is 2.57. The predicted molar refractivity (Wildman–Crippen MR) is 101 cm³/mol. The molecule has 144 valence electrons. The second kappa shape index (κ2) is 15.9. The van der Waals surface area contributed by atoms with Crippen LogP contribution in [0.4, 0.5) is 0 Å². The number of quaternary nitrogens is 1. The molecule has 0 fully saturated rings. The monoisotopic (exact) mass is 344 g/mol. The van der Waals surface area contributed by atoms with E-state index in [2.05, 4.69) is 28.1 Å². The van der Waals surface area contributed by atoms with Crippen molar-refractivity contribution in [2.75, 3.05) is 34.3 Å². The third-order valence-corrected chi connectivity index (χ3v) is 4.23. The number of rotatable bonds is 17. The molecule has 4 heteroatoms. The Morgan fingerprint density at radius 2 is 1.21 bits per heavy atom. The van der Waals surface area contributed by atoms with E-state index in [1.54, 1.807) is 0 Å². The third-order valence-electron chi connectivity index (χ3n) is 4.23. The van der Waals surface area contributed by atoms with Gasteiger partial charge in [-0.2, -0.15) is 4.89 Å². The van der Waals surface area contributed by atoms with Gasteiger partial charge in [-0.25, -0.2) is 4.79 Å². The van der Waals surface area contributed by atoms with E-state index in [-0.39, 0.29) is 5.97 Å². The van der Waals surface area contributed by atoms with Crippen molar-refractivity contribution in [2.24, 2.45) is 0 Å². The molecule has 0 aliphatic rings. The summed E-state index contributed by atoms with van der Waals surface area (Å²) >= 11 is 0. The molecule has 4 nitrogen and oxygen atoms in total. The Bertz CT molecular complexity index is 287. The molecule has 0 spiro atoms. The lowest BCUT2D eigenvalue weighted by atomic mass is 10.0. The lowest BCUT2D eigenvalue weighted by molar-refractivity contribution is -0.871. The summed E-state index contributed by atoms with van der Waals surface area (Å²) in [6, 6.07) is 0. The molecule has 0 saturated carbocycles. The van der Waals surface area contributed by atoms with Crippen LogP contribution < -0.4 is 0 Å². The Labute approximate surface area is 150 Å². The minimum absolute atomic E-state index is 0.233. The molecule has 0 aromatic heterocycles. The van der Waals surface area contributed by atoms with Crippen molar-refractivity contribution >= 4 is 5.97 Å². The highest BCUT2D eigenvalue weighted by atomic mass is 17.2. The number of carbonyl (C=O) groups excluding carboxylic acids is 1. The zero-order chi connectivity index (χ0) is 18.1. The van der Waals surface area contributed by atoms with Crippen LogP contribution >= 0.6 is 0 Å². The molecule has 0 amide bonds. The Kier molecular flexibility index (Phi) is 15.5. The highest BCUT2D eigenvalue weighted by Gasteiger charge is 2.08. The van der Waals surface area contributed by atoms with E-state index in [4.69, 9.17) is 9.78 Å². The Morgan fingerprint density at radius 1 is 0.750 bits per heavy atom. The lowest BCUT2D eigenvalue weighted by Gasteiger charge is -2.22. The first kappa shape index (κ1) is 23.4. The van der Waals surface area contributed by atoms with Crippen LogP contribution in [0.15, 0.2) is 0 Å². The van der Waals surface area contributed by atoms with Gasteiger partial charge in [-0.1, -0.05) is 77.6 Å². The molecule has 0 N–H and O–H groups in total. The summed E-state index contributed by atoms with van der Waals surface area (Å²) in [6.45, 7) is 3.54. The van der Waals surface area contributed by atoms with Crippen molar-refractivity contribution in [3.05, 3.63) is 0 Å². The number of likely N-dealkylation sites (N-methyl/N-ethyl adjacent to an activating group) is 1. The van der Waals surface area contributed by atoms with Crippen molar-refractivity contribution in [1.82, 2.24) is 0 Å². The zero-order valence-corrected chi connectivity index (χ0v) is 16.8. The van der Waals surface area contributed by atoms with Crippen LogP contribution in [-0.2, 0) is 14.6 Å². The summed E-state index contributed by atoms with van der Waals surface area (Å²) < 4.78 is 0.802. The minimum Gasteiger partial charge on any atom is -0.329 e. The van der Waals surface area contributed by atoms with Crippen LogP contribution in [0.5, 0.6) is 0 Å². The topological polar surface area (TPSA) is 35.5 Å². The molecule has 0 atom stereocenters. The number of carbonyl (C=O) groups is 1. The molecular formula is C20H42NO3+. The number of nitrogens with zero attached hydrogens (tertiary/aromatic N) is 1. The van der Waals surface area contributed by atoms with Gasteiger partial charge in [0.1, 0.15) is 13.2 Å². The molecule has 0 aromatic rings. The molecule has 0 aliphatic heterocycles. The molecule has 0 rings (SSSR count). The lowest BCUT2D eigenvalue weighted by Crippen LogP contribution is -2.37. The predicted octanol–water partition coefficient (Wildman–Crippen LogP) is 5.26. The highest BCUT2D eigenvalue weighted by Crippen LogP contribution is 2.12. The molecular weight excluding hydrogens is 302 g/mol. The standard InChI is InChI=1S/C20H42NO3/c1-5-6-7-8-9-10-11-12-13-14-15-16-17-20(22)24-23-19-18-21(2,3)4/h5-19H2,1-4H3/q+1. The minimum atomic E-state index is -0.233. The summed E-state index contributed by atoms with van der Waals surface area (Å²) in [6.07, 6.45) is 16.1. The fourth-order valence-electron chi connectivity index (χ4n) is 2.57. The first-order valence-electron chi connectivity index (χ1n) is 10.1. The van der Waals surface area contributed by atoms with Crippen molar-refractivity contribution < 1.29 is 19.1 Å². The Morgan fingerprint density at radius 3 is 1.67 bits per heavy atom. The first-order chi connectivity index (χ1) is 11.5. The van der Waals surface area contributed by atoms with Crippen LogP contribution in [0.25, 0.3) is 0 Å². The van der Waals surface area contributed by atoms with Gasteiger partial charge >= 0.3 is 5.97 Å². The van der Waals surface area contributed by atoms with Crippen LogP contribution in [0.3, 0.4) is 0 Å². The molecule has 0 radical (unpaired) electrons. The highest BCUT2D eigenvalue weighted by molar-refractivity contribution is 5.68. The molecule has 0 heterocycles. The van der Waals surface area contributed by atoms with E-state index in [0.717, 1.165) is 23.9 Å². The van der Waals surface area contributed by atoms with Crippen LogP contribution in [-0.4, -0.2) is 44.7 Å². The van der Waals surface area contributed by atoms with Gasteiger partial charge in [0, 0.05) is 6.42 Å². The fraction of sp³-hybridized carbons (Fsp3) is 0.950. The van der Waals surface area contributed by atoms with Gasteiger partial charge in [-0.3, -0.25) is 4.89 Å². The largest absolute Gasteiger partial charge is 0.342 e. The first-order valence-corrected chi connectivity index (χ1v) is 10.1. The maximum Gasteiger partial charge on any atom is 0.342 e. The average Bonchev–Trinajstić information content (AvgIpc) is 2.52. The summed E-state index contributed by atoms with van der Waals surface area (Å²) in [7, 11) is 6.24. The van der Waals surface area contributed by atoms with Gasteiger partial charge in [-0.05, 0) is 6.42 Å². The van der Waals surface area contributed by atoms with E-state index in [1.807, 2.05) is 0 Å². The second-order valence-corrected chi connectivity index (χ2v) is 7.93. The van der Waals surface area contributed by atoms with Crippen molar-refractivity contribution in [3.8, 4) is 0 Å². The van der Waals surface area contributed by atoms with Gasteiger partial charge in [0.25, 0.3) is 0 Å². The summed E-state index contributed by atoms with van der Waals surface area (Å²) in [4.78, 5) is 21.2. The van der Waals surface area contributed by atoms with Gasteiger partial charge in [0.2, 0.25) is 0 Å². The molecule has 0 aromatic carbocycles. The number of hydrogen-bond donors (Lipinski definition) is 0. The van der Waals surface area contributed by atoms with Gasteiger partial charge in [0.15, 0.2) is 0 Å². The van der Waals surface area contributed by atoms with Crippen molar-refractivity contribution in [3.63, 3.8) is 0 Å². The second-order valence-electron chi connectivity index (χ2n) is 7.93. The van der Waals surface area contributed by atoms with E-state index in [9.17, 15) is 4.79 Å². The average molecular weight is 345 g/mol. The van der Waals surface area contributed by atoms with Crippen LogP contribution in [0, 0.1) is 0 Å². The van der Waals surface area contributed by atoms with E-state index in [0.29, 0.717) is 13.0 Å². The molecule has 24 heavy (non-hydrogen) atoms. The van der Waals surface area contributed by atoms with Gasteiger partial charge in [0.05, 0.1) is 21.1 Å². The molecule has 0 saturated heterocycles. The molecule has 0 unspecified atom stereocenters. The summed E-state index contributed by atoms with van der Waals surface area (Å²) in [5.41, 5.74) is 0. The third kappa shape index (κ3) is 19.4. The SMILES string of the molecule is CCCCCCCCCCCCCCC(=O)OOCC[N+](C)(C)C. The Hall–Kier alpha value is -0.610. The summed E-state index contributed by atoms with van der Waals surface area (Å²) in [5.74, 6) is -0.233. The number of hydrogen-bond acceptors (Lipinski definition) is 3. The van der Waals surface area contributed by atoms with E-state index in [1.165, 1.54) is 64.2 Å². The Balaban J connectivity index is 3.19. The quantitative estimate of drug-likeness (QED) is 0.156. The summed E-state index contributed by atoms with van der Waals surface area (Å²) in [5, 5.41) is 0. The smallest absolute Gasteiger partial charge is 0.329 e. The van der Waals surface area contributed by atoms with Crippen molar-refractivity contribution in [1.29, 1.82) is 0 Å². The van der Waals surface area contributed by atoms with Gasteiger partial charge in [-0.15, -0.1) is 0 Å². The van der Waals surface area contributed by atoms with E-state index >= 15 is 0 Å². The van der Waals surface area contributed by atoms with E-state index < -0.39 is 0 Å². The zero-order valence-electron chi connectivity index (χ0n) is 16.8. The molecule has 0 aliphatic carbocycles.